The Morgan fingerprint density at radius 1 is 1.22 bits per heavy atom. The van der Waals surface area contributed by atoms with E-state index in [0.29, 0.717) is 25.9 Å². The van der Waals surface area contributed by atoms with Gasteiger partial charge >= 0.3 is 0 Å². The van der Waals surface area contributed by atoms with Gasteiger partial charge in [-0.2, -0.15) is 0 Å². The smallest absolute Gasteiger partial charge is 0.218 e. The highest BCUT2D eigenvalue weighted by Gasteiger charge is 2.28. The minimum absolute atomic E-state index is 0.0265. The SMILES string of the molecule is CC(C)C(=O)COC1CCN(S(=O)(=O)Cc2ccccc2)CC1. The molecule has 5 nitrogen and oxygen atoms in total. The minimum Gasteiger partial charge on any atom is -0.370 e. The van der Waals surface area contributed by atoms with Crippen LogP contribution in [0, 0.1) is 5.92 Å². The monoisotopic (exact) mass is 339 g/mol. The number of ketones is 1. The van der Waals surface area contributed by atoms with Crippen LogP contribution >= 0.6 is 0 Å². The third-order valence-electron chi connectivity index (χ3n) is 4.09. The first-order chi connectivity index (χ1) is 10.9. The quantitative estimate of drug-likeness (QED) is 0.764. The van der Waals surface area contributed by atoms with Gasteiger partial charge in [-0.3, -0.25) is 4.79 Å². The summed E-state index contributed by atoms with van der Waals surface area (Å²) in [5.74, 6) is 0.0936. The van der Waals surface area contributed by atoms with Crippen molar-refractivity contribution in [3.63, 3.8) is 0 Å². The molecule has 1 fully saturated rings. The second kappa shape index (κ2) is 8.04. The number of nitrogens with zero attached hydrogens (tertiary/aromatic N) is 1. The number of ether oxygens (including phenoxy) is 1. The van der Waals surface area contributed by atoms with Crippen LogP contribution in [-0.4, -0.2) is 44.3 Å². The first kappa shape index (κ1) is 18.1. The van der Waals surface area contributed by atoms with Gasteiger partial charge < -0.3 is 4.74 Å². The van der Waals surface area contributed by atoms with E-state index in [2.05, 4.69) is 0 Å². The van der Waals surface area contributed by atoms with Gasteiger partial charge in [0, 0.05) is 19.0 Å². The van der Waals surface area contributed by atoms with Gasteiger partial charge in [-0.1, -0.05) is 44.2 Å². The maximum absolute atomic E-state index is 12.4. The number of piperidine rings is 1. The molecule has 1 aliphatic rings. The highest BCUT2D eigenvalue weighted by Crippen LogP contribution is 2.19. The van der Waals surface area contributed by atoms with Crippen LogP contribution in [0.15, 0.2) is 30.3 Å². The maximum Gasteiger partial charge on any atom is 0.218 e. The summed E-state index contributed by atoms with van der Waals surface area (Å²) < 4.78 is 32.0. The lowest BCUT2D eigenvalue weighted by Crippen LogP contribution is -2.41. The standard InChI is InChI=1S/C17H25NO4S/c1-14(2)17(19)12-22-16-8-10-18(11-9-16)23(20,21)13-15-6-4-3-5-7-15/h3-7,14,16H,8-13H2,1-2H3. The Hall–Kier alpha value is -1.24. The molecule has 1 aromatic carbocycles. The van der Waals surface area contributed by atoms with Gasteiger partial charge in [-0.15, -0.1) is 0 Å². The molecule has 1 heterocycles. The average Bonchev–Trinajstić information content (AvgIpc) is 2.53. The van der Waals surface area contributed by atoms with Crippen molar-refractivity contribution in [2.45, 2.75) is 38.5 Å². The lowest BCUT2D eigenvalue weighted by molar-refractivity contribution is -0.129. The molecule has 1 aliphatic heterocycles. The largest absolute Gasteiger partial charge is 0.370 e. The molecule has 0 radical (unpaired) electrons. The van der Waals surface area contributed by atoms with Crippen molar-refractivity contribution in [3.8, 4) is 0 Å². The zero-order valence-electron chi connectivity index (χ0n) is 13.8. The van der Waals surface area contributed by atoms with Gasteiger partial charge in [0.05, 0.1) is 11.9 Å². The second-order valence-corrected chi connectivity index (χ2v) is 8.24. The van der Waals surface area contributed by atoms with Crippen LogP contribution in [0.5, 0.6) is 0 Å². The third kappa shape index (κ3) is 5.41. The molecule has 128 valence electrons. The van der Waals surface area contributed by atoms with E-state index in [1.54, 1.807) is 0 Å². The van der Waals surface area contributed by atoms with Crippen molar-refractivity contribution in [1.82, 2.24) is 4.31 Å². The maximum atomic E-state index is 12.4. The number of rotatable bonds is 7. The van der Waals surface area contributed by atoms with Crippen LogP contribution in [0.3, 0.4) is 0 Å². The predicted octanol–water partition coefficient (Wildman–Crippen LogP) is 2.22. The number of hydrogen-bond donors (Lipinski definition) is 0. The van der Waals surface area contributed by atoms with Crippen molar-refractivity contribution < 1.29 is 17.9 Å². The second-order valence-electron chi connectivity index (χ2n) is 6.27. The fourth-order valence-corrected chi connectivity index (χ4v) is 4.08. The molecule has 1 aromatic rings. The summed E-state index contributed by atoms with van der Waals surface area (Å²) in [5, 5.41) is 0. The summed E-state index contributed by atoms with van der Waals surface area (Å²) in [4.78, 5) is 11.6. The Bertz CT molecular complexity index is 605. The first-order valence-corrected chi connectivity index (χ1v) is 9.65. The van der Waals surface area contributed by atoms with Crippen molar-refractivity contribution in [3.05, 3.63) is 35.9 Å². The normalized spacial score (nSPS) is 17.5. The summed E-state index contributed by atoms with van der Waals surface area (Å²) in [7, 11) is -3.29. The van der Waals surface area contributed by atoms with Crippen LogP contribution in [0.4, 0.5) is 0 Å². The van der Waals surface area contributed by atoms with E-state index in [4.69, 9.17) is 4.74 Å². The van der Waals surface area contributed by atoms with E-state index >= 15 is 0 Å². The van der Waals surface area contributed by atoms with Crippen LogP contribution < -0.4 is 0 Å². The summed E-state index contributed by atoms with van der Waals surface area (Å²) in [5.41, 5.74) is 0.799. The predicted molar refractivity (Wildman–Crippen MR) is 89.5 cm³/mol. The molecule has 0 bridgehead atoms. The molecule has 0 amide bonds. The molecule has 0 aromatic heterocycles. The Labute approximate surface area is 138 Å². The van der Waals surface area contributed by atoms with E-state index < -0.39 is 10.0 Å². The Balaban J connectivity index is 1.82. The molecule has 2 rings (SSSR count). The molecule has 0 spiro atoms. The van der Waals surface area contributed by atoms with Crippen molar-refractivity contribution >= 4 is 15.8 Å². The molecule has 0 atom stereocenters. The summed E-state index contributed by atoms with van der Waals surface area (Å²) in [6.07, 6.45) is 1.25. The highest BCUT2D eigenvalue weighted by atomic mass is 32.2. The summed E-state index contributed by atoms with van der Waals surface area (Å²) in [6.45, 7) is 4.74. The van der Waals surface area contributed by atoms with Crippen LogP contribution in [0.1, 0.15) is 32.3 Å². The molecule has 1 saturated heterocycles. The van der Waals surface area contributed by atoms with E-state index in [9.17, 15) is 13.2 Å². The topological polar surface area (TPSA) is 63.7 Å². The van der Waals surface area contributed by atoms with E-state index in [1.807, 2.05) is 44.2 Å². The molecule has 0 N–H and O–H groups in total. The lowest BCUT2D eigenvalue weighted by atomic mass is 10.1. The minimum atomic E-state index is -3.29. The first-order valence-electron chi connectivity index (χ1n) is 8.04. The number of carbonyl (C=O) groups excluding carboxylic acids is 1. The molecule has 0 unspecified atom stereocenters. The van der Waals surface area contributed by atoms with Gasteiger partial charge in [0.2, 0.25) is 10.0 Å². The van der Waals surface area contributed by atoms with Gasteiger partial charge in [0.25, 0.3) is 0 Å². The van der Waals surface area contributed by atoms with Gasteiger partial charge in [0.15, 0.2) is 5.78 Å². The van der Waals surface area contributed by atoms with Crippen molar-refractivity contribution in [2.24, 2.45) is 5.92 Å². The average molecular weight is 339 g/mol. The molecule has 0 saturated carbocycles. The molecular weight excluding hydrogens is 314 g/mol. The molecular formula is C17H25NO4S. The Morgan fingerprint density at radius 3 is 2.39 bits per heavy atom. The molecule has 0 aliphatic carbocycles. The third-order valence-corrected chi connectivity index (χ3v) is 5.94. The summed E-state index contributed by atoms with van der Waals surface area (Å²) in [6, 6.07) is 9.21. The van der Waals surface area contributed by atoms with Gasteiger partial charge in [0.1, 0.15) is 6.61 Å². The number of hydrogen-bond acceptors (Lipinski definition) is 4. The fourth-order valence-electron chi connectivity index (χ4n) is 2.52. The van der Waals surface area contributed by atoms with Crippen LogP contribution in [0.2, 0.25) is 0 Å². The highest BCUT2D eigenvalue weighted by molar-refractivity contribution is 7.88. The van der Waals surface area contributed by atoms with E-state index in [0.717, 1.165) is 5.56 Å². The molecule has 23 heavy (non-hydrogen) atoms. The molecule has 6 heteroatoms. The van der Waals surface area contributed by atoms with E-state index in [-0.39, 0.29) is 30.2 Å². The fraction of sp³-hybridized carbons (Fsp3) is 0.588. The van der Waals surface area contributed by atoms with Crippen LogP contribution in [-0.2, 0) is 25.3 Å². The Morgan fingerprint density at radius 2 is 1.83 bits per heavy atom. The number of benzene rings is 1. The van der Waals surface area contributed by atoms with Gasteiger partial charge in [-0.05, 0) is 18.4 Å². The number of carbonyl (C=O) groups is 1. The number of sulfonamides is 1. The zero-order valence-corrected chi connectivity index (χ0v) is 14.6. The van der Waals surface area contributed by atoms with E-state index in [1.165, 1.54) is 4.31 Å². The van der Waals surface area contributed by atoms with Crippen molar-refractivity contribution in [2.75, 3.05) is 19.7 Å². The van der Waals surface area contributed by atoms with Gasteiger partial charge in [-0.25, -0.2) is 12.7 Å². The van der Waals surface area contributed by atoms with Crippen LogP contribution in [0.25, 0.3) is 0 Å². The zero-order chi connectivity index (χ0) is 16.9. The summed E-state index contributed by atoms with van der Waals surface area (Å²) >= 11 is 0. The number of Topliss-reactive ketones (excluding diaryl/α,β-unsaturated/α-hetero) is 1. The Kier molecular flexibility index (Phi) is 6.33. The lowest BCUT2D eigenvalue weighted by Gasteiger charge is -2.31. The van der Waals surface area contributed by atoms with Crippen molar-refractivity contribution in [1.29, 1.82) is 0 Å².